The van der Waals surface area contributed by atoms with E-state index in [0.29, 0.717) is 55.4 Å². The fraction of sp³-hybridized carbons (Fsp3) is 0.444. The number of fused-ring (bicyclic) bond motifs is 3. The van der Waals surface area contributed by atoms with Gasteiger partial charge in [-0.3, -0.25) is 0 Å². The summed E-state index contributed by atoms with van der Waals surface area (Å²) in [4.78, 5) is 14.7. The summed E-state index contributed by atoms with van der Waals surface area (Å²) in [6, 6.07) is 4.39. The number of aliphatic hydroxyl groups excluding tert-OH is 2. The molecule has 3 aromatic rings. The van der Waals surface area contributed by atoms with E-state index in [1.807, 2.05) is 6.92 Å². The van der Waals surface area contributed by atoms with E-state index < -0.39 is 11.6 Å². The van der Waals surface area contributed by atoms with Gasteiger partial charge in [-0.15, -0.1) is 0 Å². The van der Waals surface area contributed by atoms with E-state index in [0.717, 1.165) is 36.8 Å². The van der Waals surface area contributed by atoms with E-state index in [1.54, 1.807) is 21.8 Å². The maximum atomic E-state index is 14.2. The van der Waals surface area contributed by atoms with Gasteiger partial charge in [-0.2, -0.15) is 15.1 Å². The number of allylic oxidation sites excluding steroid dienone is 1. The summed E-state index contributed by atoms with van der Waals surface area (Å²) < 4.78 is 29.8. The smallest absolute Gasteiger partial charge is 0.224 e. The summed E-state index contributed by atoms with van der Waals surface area (Å²) in [6.07, 6.45) is 8.12. The first kappa shape index (κ1) is 26.8. The van der Waals surface area contributed by atoms with Crippen LogP contribution in [0.5, 0.6) is 0 Å². The van der Waals surface area contributed by atoms with Gasteiger partial charge in [0.25, 0.3) is 0 Å². The molecule has 2 aliphatic rings. The van der Waals surface area contributed by atoms with Crippen molar-refractivity contribution in [3.05, 3.63) is 65.1 Å². The summed E-state index contributed by atoms with van der Waals surface area (Å²) in [7, 11) is 0. The molecule has 2 aromatic heterocycles. The summed E-state index contributed by atoms with van der Waals surface area (Å²) in [5.74, 6) is 0.114. The molecule has 1 saturated heterocycles. The average molecular weight is 541 g/mol. The lowest BCUT2D eigenvalue weighted by Gasteiger charge is -2.46. The van der Waals surface area contributed by atoms with Crippen molar-refractivity contribution in [2.24, 2.45) is 0 Å². The molecule has 4 N–H and O–H groups in total. The highest BCUT2D eigenvalue weighted by Gasteiger charge is 2.32. The van der Waals surface area contributed by atoms with Crippen LogP contribution in [0.15, 0.2) is 36.7 Å². The maximum Gasteiger partial charge on any atom is 0.224 e. The molecule has 1 fully saturated rings. The van der Waals surface area contributed by atoms with Crippen molar-refractivity contribution in [1.29, 1.82) is 0 Å². The van der Waals surface area contributed by atoms with Gasteiger partial charge in [0, 0.05) is 67.8 Å². The first-order valence-electron chi connectivity index (χ1n) is 13.2. The van der Waals surface area contributed by atoms with E-state index in [9.17, 15) is 19.0 Å². The van der Waals surface area contributed by atoms with E-state index >= 15 is 0 Å². The van der Waals surface area contributed by atoms with E-state index in [-0.39, 0.29) is 25.2 Å². The van der Waals surface area contributed by atoms with E-state index in [4.69, 9.17) is 5.73 Å². The number of benzene rings is 1. The molecule has 0 amide bonds. The van der Waals surface area contributed by atoms with Crippen molar-refractivity contribution in [2.45, 2.75) is 32.2 Å². The van der Waals surface area contributed by atoms with E-state index in [2.05, 4.69) is 37.1 Å². The third kappa shape index (κ3) is 5.66. The van der Waals surface area contributed by atoms with Crippen molar-refractivity contribution in [2.75, 3.05) is 61.5 Å². The molecule has 1 aromatic carbocycles. The number of hydrogen-bond acceptors (Lipinski definition) is 9. The van der Waals surface area contributed by atoms with Gasteiger partial charge in [-0.1, -0.05) is 6.08 Å². The van der Waals surface area contributed by atoms with Crippen LogP contribution < -0.4 is 15.5 Å². The zero-order valence-corrected chi connectivity index (χ0v) is 22.0. The lowest BCUT2D eigenvalue weighted by atomic mass is 9.93. The second kappa shape index (κ2) is 11.5. The zero-order valence-electron chi connectivity index (χ0n) is 22.0. The van der Waals surface area contributed by atoms with Gasteiger partial charge in [0.15, 0.2) is 5.82 Å². The highest BCUT2D eigenvalue weighted by molar-refractivity contribution is 5.58. The second-order valence-electron chi connectivity index (χ2n) is 9.90. The summed E-state index contributed by atoms with van der Waals surface area (Å²) >= 11 is 0. The molecular formula is C27H34F2N8O2. The molecule has 10 nitrogen and oxygen atoms in total. The highest BCUT2D eigenvalue weighted by atomic mass is 19.1. The number of anilines is 3. The largest absolute Gasteiger partial charge is 0.395 e. The predicted molar refractivity (Wildman–Crippen MR) is 145 cm³/mol. The molecule has 0 saturated carbocycles. The Hall–Kier alpha value is -3.77. The zero-order chi connectivity index (χ0) is 27.5. The van der Waals surface area contributed by atoms with Crippen molar-refractivity contribution < 1.29 is 19.0 Å². The summed E-state index contributed by atoms with van der Waals surface area (Å²) in [5.41, 5.74) is 9.22. The molecule has 12 heteroatoms. The van der Waals surface area contributed by atoms with Gasteiger partial charge in [0.05, 0.1) is 19.4 Å². The molecule has 0 bridgehead atoms. The van der Waals surface area contributed by atoms with Gasteiger partial charge >= 0.3 is 0 Å². The number of rotatable bonds is 9. The van der Waals surface area contributed by atoms with E-state index in [1.165, 1.54) is 6.07 Å². The minimum atomic E-state index is -0.529. The molecule has 5 rings (SSSR count). The Morgan fingerprint density at radius 1 is 1.13 bits per heavy atom. The molecular weight excluding hydrogens is 506 g/mol. The summed E-state index contributed by atoms with van der Waals surface area (Å²) in [6.45, 7) is 4.68. The number of halogens is 2. The fourth-order valence-electron chi connectivity index (χ4n) is 5.48. The van der Waals surface area contributed by atoms with Crippen LogP contribution >= 0.6 is 0 Å². The Bertz CT molecular complexity index is 1340. The van der Waals surface area contributed by atoms with Crippen LogP contribution in [0.3, 0.4) is 0 Å². The number of hydrogen-bond donors (Lipinski definition) is 3. The van der Waals surface area contributed by atoms with Crippen LogP contribution in [-0.2, 0) is 12.8 Å². The molecule has 4 heterocycles. The Balaban J connectivity index is 1.25. The minimum absolute atomic E-state index is 0.0784. The maximum absolute atomic E-state index is 14.2. The van der Waals surface area contributed by atoms with Crippen molar-refractivity contribution in [3.63, 3.8) is 0 Å². The number of nitrogen functional groups attached to an aromatic ring is 1. The van der Waals surface area contributed by atoms with Crippen LogP contribution in [0, 0.1) is 18.6 Å². The van der Waals surface area contributed by atoms with Crippen molar-refractivity contribution >= 4 is 17.5 Å². The standard InChI is InChI=1S/C27H34F2N8O2/c1-18-19(16-31-37(18)26-15-25(32-27(30)33-26)35(9-11-38)10-12-39)3-2-6-34-7-8-36-21(17-34)4-5-22-23(29)13-20(28)14-24(22)36/h2,6,13-16,21,38-39H,3-5,7-12,17H2,1H3,(H2,30,32,33)/b6-2+. The van der Waals surface area contributed by atoms with Gasteiger partial charge in [0.2, 0.25) is 5.95 Å². The molecule has 0 spiro atoms. The molecule has 0 aliphatic carbocycles. The van der Waals surface area contributed by atoms with Crippen LogP contribution in [0.25, 0.3) is 5.82 Å². The Morgan fingerprint density at radius 2 is 1.92 bits per heavy atom. The Labute approximate surface area is 226 Å². The number of piperazine rings is 1. The van der Waals surface area contributed by atoms with Crippen LogP contribution in [0.2, 0.25) is 0 Å². The van der Waals surface area contributed by atoms with Crippen LogP contribution in [-0.4, -0.2) is 86.8 Å². The first-order chi connectivity index (χ1) is 18.9. The van der Waals surface area contributed by atoms with Crippen molar-refractivity contribution in [3.8, 4) is 5.82 Å². The predicted octanol–water partition coefficient (Wildman–Crippen LogP) is 1.82. The van der Waals surface area contributed by atoms with Gasteiger partial charge in [-0.25, -0.2) is 13.5 Å². The van der Waals surface area contributed by atoms with Gasteiger partial charge in [-0.05, 0) is 44.0 Å². The SMILES string of the molecule is Cc1c(C/C=C/N2CCN3c4cc(F)cc(F)c4CCC3C2)cnn1-c1cc(N(CCO)CCO)nc(N)n1. The Kier molecular flexibility index (Phi) is 7.94. The minimum Gasteiger partial charge on any atom is -0.395 e. The number of nitrogens with zero attached hydrogens (tertiary/aromatic N) is 7. The molecule has 2 aliphatic heterocycles. The monoisotopic (exact) mass is 540 g/mol. The normalized spacial score (nSPS) is 17.0. The Morgan fingerprint density at radius 3 is 2.69 bits per heavy atom. The first-order valence-corrected chi connectivity index (χ1v) is 13.2. The molecule has 1 atom stereocenters. The number of nitrogens with two attached hydrogens (primary N) is 1. The third-order valence-electron chi connectivity index (χ3n) is 7.45. The third-order valence-corrected chi connectivity index (χ3v) is 7.45. The quantitative estimate of drug-likeness (QED) is 0.373. The number of aliphatic hydroxyl groups is 2. The topological polar surface area (TPSA) is 120 Å². The number of aromatic nitrogens is 4. The summed E-state index contributed by atoms with van der Waals surface area (Å²) in [5, 5.41) is 23.2. The lowest BCUT2D eigenvalue weighted by molar-refractivity contribution is 0.280. The highest BCUT2D eigenvalue weighted by Crippen LogP contribution is 2.35. The molecule has 0 radical (unpaired) electrons. The average Bonchev–Trinajstić information content (AvgIpc) is 3.28. The van der Waals surface area contributed by atoms with Crippen LogP contribution in [0.1, 0.15) is 23.2 Å². The van der Waals surface area contributed by atoms with Gasteiger partial charge in [0.1, 0.15) is 17.5 Å². The molecule has 39 heavy (non-hydrogen) atoms. The van der Waals surface area contributed by atoms with Gasteiger partial charge < -0.3 is 30.6 Å². The second-order valence-corrected chi connectivity index (χ2v) is 9.90. The lowest BCUT2D eigenvalue weighted by Crippen LogP contribution is -2.53. The van der Waals surface area contributed by atoms with Crippen LogP contribution in [0.4, 0.5) is 26.2 Å². The molecule has 1 unspecified atom stereocenters. The molecule has 208 valence electrons. The van der Waals surface area contributed by atoms with Crippen molar-refractivity contribution in [1.82, 2.24) is 24.6 Å². The fourth-order valence-corrected chi connectivity index (χ4v) is 5.48.